The molecule has 3 N–H and O–H groups in total. The minimum absolute atomic E-state index is 0.330. The fraction of sp³-hybridized carbons (Fsp3) is 0.250. The van der Waals surface area contributed by atoms with Crippen LogP contribution >= 0.6 is 11.3 Å². The molecule has 16 heavy (non-hydrogen) atoms. The molecule has 1 heterocycles. The molecule has 1 unspecified atom stereocenters. The van der Waals surface area contributed by atoms with E-state index in [1.807, 2.05) is 23.7 Å². The number of fused-ring (bicyclic) bond motifs is 1. The van der Waals surface area contributed by atoms with Crippen molar-refractivity contribution in [3.8, 4) is 0 Å². The van der Waals surface area contributed by atoms with Gasteiger partial charge in [-0.1, -0.05) is 6.08 Å². The monoisotopic (exact) mass is 233 g/mol. The molecule has 0 aliphatic rings. The number of nitrogens with two attached hydrogens (primary N) is 1. The third kappa shape index (κ3) is 2.02. The van der Waals surface area contributed by atoms with Crippen LogP contribution in [0, 0.1) is 0 Å². The highest BCUT2D eigenvalue weighted by Gasteiger charge is 2.08. The average Bonchev–Trinajstić information content (AvgIpc) is 2.71. The summed E-state index contributed by atoms with van der Waals surface area (Å²) < 4.78 is 1.12. The second-order valence-electron chi connectivity index (χ2n) is 3.80. The molecule has 0 spiro atoms. The Morgan fingerprint density at radius 3 is 3.19 bits per heavy atom. The van der Waals surface area contributed by atoms with Crippen LogP contribution in [0.1, 0.15) is 13.3 Å². The molecule has 1 aromatic carbocycles. The van der Waals surface area contributed by atoms with E-state index in [1.165, 1.54) is 0 Å². The topological polar surface area (TPSA) is 50.9 Å². The van der Waals surface area contributed by atoms with Crippen molar-refractivity contribution >= 4 is 32.9 Å². The van der Waals surface area contributed by atoms with Crippen LogP contribution < -0.4 is 11.1 Å². The highest BCUT2D eigenvalue weighted by molar-refractivity contribution is 7.16. The second-order valence-corrected chi connectivity index (χ2v) is 4.68. The summed E-state index contributed by atoms with van der Waals surface area (Å²) in [5.41, 5.74) is 10.5. The lowest BCUT2D eigenvalue weighted by molar-refractivity contribution is 0.815. The Hall–Kier alpha value is -1.55. The summed E-state index contributed by atoms with van der Waals surface area (Å²) in [4.78, 5) is 4.27. The molecule has 84 valence electrons. The van der Waals surface area contributed by atoms with Crippen molar-refractivity contribution in [3.05, 3.63) is 30.3 Å². The summed E-state index contributed by atoms with van der Waals surface area (Å²) in [5.74, 6) is 0. The summed E-state index contributed by atoms with van der Waals surface area (Å²) in [6.07, 6.45) is 2.81. The molecule has 0 radical (unpaired) electrons. The van der Waals surface area contributed by atoms with Gasteiger partial charge in [0, 0.05) is 6.04 Å². The molecule has 0 aliphatic carbocycles. The Morgan fingerprint density at radius 2 is 2.44 bits per heavy atom. The molecule has 1 aromatic heterocycles. The predicted octanol–water partition coefficient (Wildman–Crippen LogP) is 3.26. The van der Waals surface area contributed by atoms with Crippen LogP contribution in [-0.2, 0) is 0 Å². The van der Waals surface area contributed by atoms with Crippen molar-refractivity contribution in [2.24, 2.45) is 0 Å². The quantitative estimate of drug-likeness (QED) is 0.629. The summed E-state index contributed by atoms with van der Waals surface area (Å²) in [7, 11) is 0. The Labute approximate surface area is 99.0 Å². The number of hydrogen-bond acceptors (Lipinski definition) is 4. The van der Waals surface area contributed by atoms with Gasteiger partial charge in [0.2, 0.25) is 0 Å². The van der Waals surface area contributed by atoms with Crippen molar-refractivity contribution in [1.82, 2.24) is 4.98 Å². The number of aromatic nitrogens is 1. The van der Waals surface area contributed by atoms with Crippen molar-refractivity contribution in [2.45, 2.75) is 19.4 Å². The van der Waals surface area contributed by atoms with Gasteiger partial charge in [-0.3, -0.25) is 0 Å². The van der Waals surface area contributed by atoms with Crippen LogP contribution in [0.15, 0.2) is 30.3 Å². The summed E-state index contributed by atoms with van der Waals surface area (Å²) in [5, 5.41) is 3.36. The maximum absolute atomic E-state index is 6.06. The third-order valence-electron chi connectivity index (χ3n) is 2.46. The van der Waals surface area contributed by atoms with E-state index in [-0.39, 0.29) is 0 Å². The second kappa shape index (κ2) is 4.53. The molecule has 4 heteroatoms. The smallest absolute Gasteiger partial charge is 0.106 e. The van der Waals surface area contributed by atoms with E-state index in [0.717, 1.165) is 28.0 Å². The van der Waals surface area contributed by atoms with Crippen LogP contribution in [0.2, 0.25) is 0 Å². The van der Waals surface area contributed by atoms with E-state index in [1.54, 1.807) is 11.3 Å². The fourth-order valence-corrected chi connectivity index (χ4v) is 2.34. The van der Waals surface area contributed by atoms with Crippen LogP contribution in [0.5, 0.6) is 0 Å². The van der Waals surface area contributed by atoms with E-state index < -0.39 is 0 Å². The van der Waals surface area contributed by atoms with Gasteiger partial charge in [-0.15, -0.1) is 17.9 Å². The van der Waals surface area contributed by atoms with Gasteiger partial charge >= 0.3 is 0 Å². The van der Waals surface area contributed by atoms with Crippen LogP contribution in [0.25, 0.3) is 10.2 Å². The van der Waals surface area contributed by atoms with Crippen molar-refractivity contribution < 1.29 is 0 Å². The zero-order chi connectivity index (χ0) is 11.5. The number of nitrogens with one attached hydrogen (secondary N) is 1. The summed E-state index contributed by atoms with van der Waals surface area (Å²) >= 11 is 1.60. The lowest BCUT2D eigenvalue weighted by Gasteiger charge is -2.15. The SMILES string of the molecule is C=CCC(C)Nc1ccc2scnc2c1N. The summed E-state index contributed by atoms with van der Waals surface area (Å²) in [6.45, 7) is 5.83. The number of hydrogen-bond donors (Lipinski definition) is 2. The summed E-state index contributed by atoms with van der Waals surface area (Å²) in [6, 6.07) is 4.39. The van der Waals surface area contributed by atoms with Gasteiger partial charge in [0.05, 0.1) is 21.6 Å². The minimum atomic E-state index is 0.330. The molecule has 0 saturated carbocycles. The van der Waals surface area contributed by atoms with Crippen molar-refractivity contribution in [3.63, 3.8) is 0 Å². The van der Waals surface area contributed by atoms with Crippen LogP contribution in [0.4, 0.5) is 11.4 Å². The van der Waals surface area contributed by atoms with Crippen LogP contribution in [0.3, 0.4) is 0 Å². The minimum Gasteiger partial charge on any atom is -0.395 e. The van der Waals surface area contributed by atoms with Crippen molar-refractivity contribution in [1.29, 1.82) is 0 Å². The third-order valence-corrected chi connectivity index (χ3v) is 3.26. The Kier molecular flexibility index (Phi) is 3.10. The zero-order valence-electron chi connectivity index (χ0n) is 9.23. The average molecular weight is 233 g/mol. The molecule has 1 atom stereocenters. The molecule has 0 fully saturated rings. The van der Waals surface area contributed by atoms with Gasteiger partial charge in [0.15, 0.2) is 0 Å². The molecule has 0 bridgehead atoms. The molecule has 0 saturated heterocycles. The molecule has 2 aromatic rings. The number of nitrogen functional groups attached to an aromatic ring is 1. The maximum atomic E-state index is 6.06. The molecule has 0 amide bonds. The first kappa shape index (κ1) is 11.0. The van der Waals surface area contributed by atoms with E-state index >= 15 is 0 Å². The first-order valence-corrected chi connectivity index (χ1v) is 6.09. The van der Waals surface area contributed by atoms with E-state index in [0.29, 0.717) is 6.04 Å². The Morgan fingerprint density at radius 1 is 1.62 bits per heavy atom. The van der Waals surface area contributed by atoms with Gasteiger partial charge in [0.1, 0.15) is 5.52 Å². The largest absolute Gasteiger partial charge is 0.395 e. The number of rotatable bonds is 4. The molecule has 2 rings (SSSR count). The number of benzene rings is 1. The molecular formula is C12H15N3S. The van der Waals surface area contributed by atoms with Crippen LogP contribution in [-0.4, -0.2) is 11.0 Å². The van der Waals surface area contributed by atoms with E-state index in [2.05, 4.69) is 23.8 Å². The van der Waals surface area contributed by atoms with Gasteiger partial charge in [-0.05, 0) is 25.5 Å². The number of thiazole rings is 1. The Bertz CT molecular complexity index is 504. The first-order chi connectivity index (χ1) is 7.72. The lowest BCUT2D eigenvalue weighted by Crippen LogP contribution is -2.15. The normalized spacial score (nSPS) is 12.6. The molecule has 0 aliphatic heterocycles. The van der Waals surface area contributed by atoms with Gasteiger partial charge in [-0.2, -0.15) is 0 Å². The highest BCUT2D eigenvalue weighted by atomic mass is 32.1. The lowest BCUT2D eigenvalue weighted by atomic mass is 10.2. The van der Waals surface area contributed by atoms with Gasteiger partial charge in [0.25, 0.3) is 0 Å². The molecule has 3 nitrogen and oxygen atoms in total. The maximum Gasteiger partial charge on any atom is 0.106 e. The molecular weight excluding hydrogens is 218 g/mol. The van der Waals surface area contributed by atoms with Gasteiger partial charge in [-0.25, -0.2) is 4.98 Å². The first-order valence-electron chi connectivity index (χ1n) is 5.21. The van der Waals surface area contributed by atoms with E-state index in [9.17, 15) is 0 Å². The standard InChI is InChI=1S/C12H15N3S/c1-3-4-8(2)15-9-5-6-10-12(11(9)13)14-7-16-10/h3,5-8,15H,1,4,13H2,2H3. The van der Waals surface area contributed by atoms with Crippen molar-refractivity contribution in [2.75, 3.05) is 11.1 Å². The Balaban J connectivity index is 2.30. The number of anilines is 2. The number of nitrogens with zero attached hydrogens (tertiary/aromatic N) is 1. The van der Waals surface area contributed by atoms with Gasteiger partial charge < -0.3 is 11.1 Å². The highest BCUT2D eigenvalue weighted by Crippen LogP contribution is 2.30. The zero-order valence-corrected chi connectivity index (χ0v) is 10.1. The van der Waals surface area contributed by atoms with E-state index in [4.69, 9.17) is 5.73 Å². The fourth-order valence-electron chi connectivity index (χ4n) is 1.65. The predicted molar refractivity (Wildman–Crippen MR) is 71.9 cm³/mol.